The summed E-state index contributed by atoms with van der Waals surface area (Å²) in [4.78, 5) is 48.1. The van der Waals surface area contributed by atoms with E-state index in [1.807, 2.05) is 0 Å². The summed E-state index contributed by atoms with van der Waals surface area (Å²) in [5, 5.41) is 20.9. The molecule has 1 atom stereocenters. The van der Waals surface area contributed by atoms with Crippen molar-refractivity contribution in [2.24, 2.45) is 0 Å². The number of carboxylic acids is 2. The summed E-state index contributed by atoms with van der Waals surface area (Å²) in [5.74, 6) is -4.80. The molecule has 1 aliphatic heterocycles. The van der Waals surface area contributed by atoms with Crippen LogP contribution in [0.25, 0.3) is 0 Å². The van der Waals surface area contributed by atoms with E-state index in [2.05, 4.69) is 5.32 Å². The molecule has 2 aromatic rings. The first-order valence-corrected chi connectivity index (χ1v) is 7.77. The van der Waals surface area contributed by atoms with Gasteiger partial charge in [0.25, 0.3) is 5.91 Å². The lowest BCUT2D eigenvalue weighted by Gasteiger charge is -2.17. The van der Waals surface area contributed by atoms with Crippen molar-refractivity contribution in [3.05, 3.63) is 59.4 Å². The Kier molecular flexibility index (Phi) is 4.59. The molecule has 9 heteroatoms. The van der Waals surface area contributed by atoms with Crippen LogP contribution in [-0.4, -0.2) is 40.0 Å². The van der Waals surface area contributed by atoms with Gasteiger partial charge in [0, 0.05) is 0 Å². The van der Waals surface area contributed by atoms with Gasteiger partial charge in [0.2, 0.25) is 5.91 Å². The first-order chi connectivity index (χ1) is 12.8. The Balaban J connectivity index is 1.94. The number of hydrogen-bond donors (Lipinski definition) is 3. The number of halogens is 1. The van der Waals surface area contributed by atoms with Crippen LogP contribution in [0.4, 0.5) is 15.8 Å². The SMILES string of the molecule is O=C(O)c1cc(C(=O)O)cc(N2C(=O)CC(Nc3ccccc3F)C2=O)c1. The van der Waals surface area contributed by atoms with Crippen LogP contribution in [-0.2, 0) is 9.59 Å². The second kappa shape index (κ2) is 6.87. The second-order valence-corrected chi connectivity index (χ2v) is 5.83. The van der Waals surface area contributed by atoms with Crippen LogP contribution in [0.15, 0.2) is 42.5 Å². The Morgan fingerprint density at radius 2 is 1.63 bits per heavy atom. The number of amides is 2. The highest BCUT2D eigenvalue weighted by Crippen LogP contribution is 2.28. The average Bonchev–Trinajstić information content (AvgIpc) is 2.90. The van der Waals surface area contributed by atoms with Gasteiger partial charge in [-0.15, -0.1) is 0 Å². The number of nitrogens with zero attached hydrogens (tertiary/aromatic N) is 1. The summed E-state index contributed by atoms with van der Waals surface area (Å²) >= 11 is 0. The smallest absolute Gasteiger partial charge is 0.335 e. The van der Waals surface area contributed by atoms with Gasteiger partial charge in [0.05, 0.1) is 28.9 Å². The summed E-state index contributed by atoms with van der Waals surface area (Å²) in [6.45, 7) is 0. The number of anilines is 2. The molecule has 1 heterocycles. The van der Waals surface area contributed by atoms with Gasteiger partial charge in [0.1, 0.15) is 11.9 Å². The topological polar surface area (TPSA) is 124 Å². The third-order valence-electron chi connectivity index (χ3n) is 4.02. The number of aromatic carboxylic acids is 2. The largest absolute Gasteiger partial charge is 0.478 e. The number of hydrogen-bond acceptors (Lipinski definition) is 5. The van der Waals surface area contributed by atoms with Crippen molar-refractivity contribution in [2.45, 2.75) is 12.5 Å². The Hall–Kier alpha value is -3.75. The predicted octanol–water partition coefficient (Wildman–Crippen LogP) is 1.97. The molecule has 1 fully saturated rings. The maximum Gasteiger partial charge on any atom is 0.335 e. The molecular formula is C18H13FN2O6. The van der Waals surface area contributed by atoms with E-state index < -0.39 is 35.6 Å². The molecule has 0 aromatic heterocycles. The fraction of sp³-hybridized carbons (Fsp3) is 0.111. The number of imide groups is 1. The summed E-state index contributed by atoms with van der Waals surface area (Å²) in [6.07, 6.45) is -0.285. The molecule has 27 heavy (non-hydrogen) atoms. The van der Waals surface area contributed by atoms with E-state index in [9.17, 15) is 23.6 Å². The average molecular weight is 372 g/mol. The van der Waals surface area contributed by atoms with Crippen LogP contribution in [0, 0.1) is 5.82 Å². The fourth-order valence-corrected chi connectivity index (χ4v) is 2.77. The summed E-state index contributed by atoms with van der Waals surface area (Å²) in [7, 11) is 0. The van der Waals surface area contributed by atoms with E-state index >= 15 is 0 Å². The predicted molar refractivity (Wildman–Crippen MR) is 91.3 cm³/mol. The molecule has 0 spiro atoms. The third-order valence-corrected chi connectivity index (χ3v) is 4.02. The molecular weight excluding hydrogens is 359 g/mol. The minimum absolute atomic E-state index is 0.0380. The lowest BCUT2D eigenvalue weighted by atomic mass is 10.1. The maximum atomic E-state index is 13.8. The number of nitrogens with one attached hydrogen (secondary N) is 1. The molecule has 0 saturated carbocycles. The molecule has 8 nitrogen and oxygen atoms in total. The molecule has 1 saturated heterocycles. The number of carboxylic acid groups (broad SMARTS) is 2. The first kappa shape index (κ1) is 18.1. The van der Waals surface area contributed by atoms with Crippen molar-refractivity contribution in [3.8, 4) is 0 Å². The van der Waals surface area contributed by atoms with E-state index in [0.29, 0.717) is 4.90 Å². The van der Waals surface area contributed by atoms with Crippen LogP contribution in [0.1, 0.15) is 27.1 Å². The van der Waals surface area contributed by atoms with Crippen molar-refractivity contribution >= 4 is 35.1 Å². The van der Waals surface area contributed by atoms with Gasteiger partial charge in [-0.05, 0) is 30.3 Å². The molecule has 2 aromatic carbocycles. The van der Waals surface area contributed by atoms with Gasteiger partial charge in [-0.2, -0.15) is 0 Å². The maximum absolute atomic E-state index is 13.8. The van der Waals surface area contributed by atoms with Crippen LogP contribution in [0.2, 0.25) is 0 Å². The zero-order chi connectivity index (χ0) is 19.7. The number of carbonyl (C=O) groups is 4. The highest BCUT2D eigenvalue weighted by molar-refractivity contribution is 6.23. The van der Waals surface area contributed by atoms with Gasteiger partial charge in [0.15, 0.2) is 0 Å². The van der Waals surface area contributed by atoms with E-state index in [1.54, 1.807) is 6.07 Å². The van der Waals surface area contributed by atoms with Gasteiger partial charge >= 0.3 is 11.9 Å². The molecule has 2 amide bonds. The van der Waals surface area contributed by atoms with E-state index in [4.69, 9.17) is 10.2 Å². The number of carbonyl (C=O) groups excluding carboxylic acids is 2. The van der Waals surface area contributed by atoms with Crippen molar-refractivity contribution in [2.75, 3.05) is 10.2 Å². The quantitative estimate of drug-likeness (QED) is 0.686. The van der Waals surface area contributed by atoms with Gasteiger partial charge in [-0.25, -0.2) is 18.9 Å². The zero-order valence-corrected chi connectivity index (χ0v) is 13.7. The van der Waals surface area contributed by atoms with E-state index in [0.717, 1.165) is 18.2 Å². The van der Waals surface area contributed by atoms with Crippen LogP contribution >= 0.6 is 0 Å². The van der Waals surface area contributed by atoms with Crippen molar-refractivity contribution < 1.29 is 33.8 Å². The zero-order valence-electron chi connectivity index (χ0n) is 13.7. The molecule has 3 rings (SSSR count). The second-order valence-electron chi connectivity index (χ2n) is 5.83. The molecule has 138 valence electrons. The number of rotatable bonds is 5. The molecule has 0 radical (unpaired) electrons. The molecule has 1 unspecified atom stereocenters. The van der Waals surface area contributed by atoms with Crippen LogP contribution < -0.4 is 10.2 Å². The number of para-hydroxylation sites is 1. The highest BCUT2D eigenvalue weighted by Gasteiger charge is 2.40. The Bertz CT molecular complexity index is 942. The summed E-state index contributed by atoms with van der Waals surface area (Å²) in [5.41, 5.74) is -0.886. The Labute approximate surface area is 151 Å². The standard InChI is InChI=1S/C18H13FN2O6/c19-12-3-1-2-4-13(12)20-14-8-15(22)21(16(14)23)11-6-9(17(24)25)5-10(7-11)18(26)27/h1-7,14,20H,8H2,(H,24,25)(H,26,27). The molecule has 0 bridgehead atoms. The lowest BCUT2D eigenvalue weighted by molar-refractivity contribution is -0.121. The van der Waals surface area contributed by atoms with Crippen LogP contribution in [0.3, 0.4) is 0 Å². The lowest BCUT2D eigenvalue weighted by Crippen LogP contribution is -2.35. The molecule has 3 N–H and O–H groups in total. The van der Waals surface area contributed by atoms with Crippen LogP contribution in [0.5, 0.6) is 0 Å². The van der Waals surface area contributed by atoms with Gasteiger partial charge in [-0.3, -0.25) is 9.59 Å². The Morgan fingerprint density at radius 3 is 2.19 bits per heavy atom. The minimum atomic E-state index is -1.40. The van der Waals surface area contributed by atoms with E-state index in [1.165, 1.54) is 18.2 Å². The van der Waals surface area contributed by atoms with Crippen molar-refractivity contribution in [1.82, 2.24) is 0 Å². The summed E-state index contributed by atoms with van der Waals surface area (Å²) < 4.78 is 13.8. The third kappa shape index (κ3) is 3.47. The normalized spacial score (nSPS) is 16.5. The molecule has 1 aliphatic rings. The molecule has 0 aliphatic carbocycles. The van der Waals surface area contributed by atoms with Gasteiger partial charge in [-0.1, -0.05) is 12.1 Å². The first-order valence-electron chi connectivity index (χ1n) is 7.77. The van der Waals surface area contributed by atoms with Crippen molar-refractivity contribution in [1.29, 1.82) is 0 Å². The Morgan fingerprint density at radius 1 is 1.04 bits per heavy atom. The van der Waals surface area contributed by atoms with Gasteiger partial charge < -0.3 is 15.5 Å². The highest BCUT2D eigenvalue weighted by atomic mass is 19.1. The van der Waals surface area contributed by atoms with Crippen molar-refractivity contribution in [3.63, 3.8) is 0 Å². The summed E-state index contributed by atoms with van der Waals surface area (Å²) in [6, 6.07) is 7.57. The number of benzene rings is 2. The minimum Gasteiger partial charge on any atom is -0.478 e. The fourth-order valence-electron chi connectivity index (χ4n) is 2.77. The van der Waals surface area contributed by atoms with E-state index in [-0.39, 0.29) is 28.9 Å². The monoisotopic (exact) mass is 372 g/mol.